The molecule has 0 aliphatic heterocycles. The van der Waals surface area contributed by atoms with E-state index in [-0.39, 0.29) is 0 Å². The lowest BCUT2D eigenvalue weighted by atomic mass is 9.41. The van der Waals surface area contributed by atoms with E-state index in [4.69, 9.17) is 0 Å². The van der Waals surface area contributed by atoms with E-state index in [2.05, 4.69) is 20.8 Å². The molecule has 0 unspecified atom stereocenters. The van der Waals surface area contributed by atoms with Crippen molar-refractivity contribution in [1.82, 2.24) is 0 Å². The van der Waals surface area contributed by atoms with Crippen LogP contribution in [-0.4, -0.2) is 11.7 Å². The monoisotopic (exact) mass is 290 g/mol. The maximum atomic E-state index is 9.78. The van der Waals surface area contributed by atoms with Crippen LogP contribution in [0.4, 0.5) is 0 Å². The molecule has 120 valence electrons. The average molecular weight is 290 g/mol. The molecule has 1 spiro atoms. The fraction of sp³-hybridized carbons (Fsp3) is 1.00. The van der Waals surface area contributed by atoms with Gasteiger partial charge in [0.05, 0.1) is 0 Å². The molecule has 0 aromatic rings. The van der Waals surface area contributed by atoms with Gasteiger partial charge in [-0.1, -0.05) is 27.2 Å². The number of aliphatic hydroxyl groups excluding tert-OH is 1. The molecule has 2 bridgehead atoms. The van der Waals surface area contributed by atoms with Crippen LogP contribution in [0.5, 0.6) is 0 Å². The minimum atomic E-state index is 0.449. The van der Waals surface area contributed by atoms with Crippen LogP contribution in [0.3, 0.4) is 0 Å². The number of hydrogen-bond donors (Lipinski definition) is 1. The molecular weight excluding hydrogens is 256 g/mol. The minimum absolute atomic E-state index is 0.449. The van der Waals surface area contributed by atoms with E-state index in [1.807, 2.05) is 0 Å². The molecule has 4 aliphatic rings. The van der Waals surface area contributed by atoms with Gasteiger partial charge in [0.2, 0.25) is 0 Å². The second-order valence-electron chi connectivity index (χ2n) is 10.0. The van der Waals surface area contributed by atoms with Gasteiger partial charge >= 0.3 is 0 Å². The summed E-state index contributed by atoms with van der Waals surface area (Å²) in [4.78, 5) is 0. The van der Waals surface area contributed by atoms with E-state index in [9.17, 15) is 5.11 Å². The highest BCUT2D eigenvalue weighted by atomic mass is 16.3. The SMILES string of the molecule is CC1(C)CCC[C@@]2(C)[C@H]1CC[C@@]13C[C@@H](CO)[C@@H](CC[C@@H]12)C3. The van der Waals surface area contributed by atoms with Gasteiger partial charge in [-0.2, -0.15) is 0 Å². The highest BCUT2D eigenvalue weighted by Crippen LogP contribution is 2.72. The largest absolute Gasteiger partial charge is 0.396 e. The van der Waals surface area contributed by atoms with E-state index in [1.165, 1.54) is 57.8 Å². The van der Waals surface area contributed by atoms with Crippen molar-refractivity contribution in [2.24, 2.45) is 39.9 Å². The van der Waals surface area contributed by atoms with Gasteiger partial charge < -0.3 is 5.11 Å². The standard InChI is InChI=1S/C20H34O/c1-18(2)8-4-9-19(3)16(18)7-10-20-11-14(5-6-17(19)20)15(12-20)13-21/h14-17,21H,4-13H2,1-3H3/t14-,15-,16-,17+,19-,20+/m0/s1. The molecule has 21 heavy (non-hydrogen) atoms. The predicted molar refractivity (Wildman–Crippen MR) is 86.9 cm³/mol. The molecule has 0 heterocycles. The first-order valence-corrected chi connectivity index (χ1v) is 9.52. The van der Waals surface area contributed by atoms with Crippen molar-refractivity contribution in [3.05, 3.63) is 0 Å². The Balaban J connectivity index is 1.70. The summed E-state index contributed by atoms with van der Waals surface area (Å²) in [5.74, 6) is 3.38. The van der Waals surface area contributed by atoms with Crippen LogP contribution >= 0.6 is 0 Å². The van der Waals surface area contributed by atoms with Gasteiger partial charge in [0.1, 0.15) is 0 Å². The summed E-state index contributed by atoms with van der Waals surface area (Å²) in [5.41, 5.74) is 1.77. The molecule has 0 aromatic heterocycles. The van der Waals surface area contributed by atoms with Crippen molar-refractivity contribution >= 4 is 0 Å². The van der Waals surface area contributed by atoms with Gasteiger partial charge in [0.15, 0.2) is 0 Å². The fourth-order valence-corrected chi connectivity index (χ4v) is 8.13. The Kier molecular flexibility index (Phi) is 3.11. The Morgan fingerprint density at radius 2 is 1.71 bits per heavy atom. The molecule has 6 atom stereocenters. The molecule has 0 radical (unpaired) electrons. The van der Waals surface area contributed by atoms with Crippen molar-refractivity contribution in [3.8, 4) is 0 Å². The molecular formula is C20H34O. The quantitative estimate of drug-likeness (QED) is 0.718. The Hall–Kier alpha value is -0.0400. The zero-order chi connectivity index (χ0) is 14.9. The van der Waals surface area contributed by atoms with E-state index < -0.39 is 0 Å². The highest BCUT2D eigenvalue weighted by Gasteiger charge is 2.63. The van der Waals surface area contributed by atoms with Gasteiger partial charge in [0.25, 0.3) is 0 Å². The first-order chi connectivity index (χ1) is 9.91. The van der Waals surface area contributed by atoms with Gasteiger partial charge in [-0.25, -0.2) is 0 Å². The molecule has 0 amide bonds. The topological polar surface area (TPSA) is 20.2 Å². The second kappa shape index (κ2) is 4.49. The summed E-state index contributed by atoms with van der Waals surface area (Å²) >= 11 is 0. The minimum Gasteiger partial charge on any atom is -0.396 e. The molecule has 4 fully saturated rings. The normalized spacial score (nSPS) is 54.9. The van der Waals surface area contributed by atoms with Gasteiger partial charge in [0, 0.05) is 6.61 Å². The molecule has 0 aromatic carbocycles. The van der Waals surface area contributed by atoms with Gasteiger partial charge in [-0.3, -0.25) is 0 Å². The Bertz CT molecular complexity index is 428. The third kappa shape index (κ3) is 1.85. The van der Waals surface area contributed by atoms with Crippen molar-refractivity contribution < 1.29 is 5.11 Å². The molecule has 1 nitrogen and oxygen atoms in total. The molecule has 4 aliphatic carbocycles. The Morgan fingerprint density at radius 3 is 2.48 bits per heavy atom. The van der Waals surface area contributed by atoms with Crippen LogP contribution in [0.15, 0.2) is 0 Å². The molecule has 0 saturated heterocycles. The van der Waals surface area contributed by atoms with E-state index in [1.54, 1.807) is 0 Å². The maximum absolute atomic E-state index is 9.78. The van der Waals surface area contributed by atoms with E-state index >= 15 is 0 Å². The molecule has 4 rings (SSSR count). The van der Waals surface area contributed by atoms with Crippen LogP contribution in [0.2, 0.25) is 0 Å². The lowest BCUT2D eigenvalue weighted by Crippen LogP contribution is -2.55. The molecule has 4 saturated carbocycles. The fourth-order valence-electron chi connectivity index (χ4n) is 8.13. The molecule has 1 N–H and O–H groups in total. The summed E-state index contributed by atoms with van der Waals surface area (Å²) < 4.78 is 0. The predicted octanol–water partition coefficient (Wildman–Crippen LogP) is 5.03. The summed E-state index contributed by atoms with van der Waals surface area (Å²) in [5, 5.41) is 9.78. The average Bonchev–Trinajstić information content (AvgIpc) is 2.68. The van der Waals surface area contributed by atoms with E-state index in [0.717, 1.165) is 17.8 Å². The smallest absolute Gasteiger partial charge is 0.0462 e. The van der Waals surface area contributed by atoms with Crippen LogP contribution in [0, 0.1) is 39.9 Å². The number of hydrogen-bond acceptors (Lipinski definition) is 1. The number of fused-ring (bicyclic) bond motifs is 3. The van der Waals surface area contributed by atoms with Crippen molar-refractivity contribution in [2.45, 2.75) is 78.6 Å². The first-order valence-electron chi connectivity index (χ1n) is 9.52. The maximum Gasteiger partial charge on any atom is 0.0462 e. The Morgan fingerprint density at radius 1 is 0.905 bits per heavy atom. The van der Waals surface area contributed by atoms with Crippen molar-refractivity contribution in [2.75, 3.05) is 6.61 Å². The number of rotatable bonds is 1. The van der Waals surface area contributed by atoms with E-state index in [0.29, 0.717) is 28.8 Å². The van der Waals surface area contributed by atoms with Crippen molar-refractivity contribution in [1.29, 1.82) is 0 Å². The second-order valence-corrected chi connectivity index (χ2v) is 10.0. The van der Waals surface area contributed by atoms with Crippen LogP contribution in [-0.2, 0) is 0 Å². The number of aliphatic hydroxyl groups is 1. The van der Waals surface area contributed by atoms with Crippen molar-refractivity contribution in [3.63, 3.8) is 0 Å². The summed E-state index contributed by atoms with van der Waals surface area (Å²) in [6.07, 6.45) is 13.0. The summed E-state index contributed by atoms with van der Waals surface area (Å²) in [6, 6.07) is 0. The zero-order valence-electron chi connectivity index (χ0n) is 14.3. The third-order valence-electron chi connectivity index (χ3n) is 8.81. The molecule has 1 heteroatoms. The summed E-state index contributed by atoms with van der Waals surface area (Å²) in [6.45, 7) is 8.20. The van der Waals surface area contributed by atoms with Crippen LogP contribution in [0.1, 0.15) is 78.6 Å². The first kappa shape index (κ1) is 14.5. The zero-order valence-corrected chi connectivity index (χ0v) is 14.3. The van der Waals surface area contributed by atoms with Gasteiger partial charge in [-0.05, 0) is 91.3 Å². The lowest BCUT2D eigenvalue weighted by Gasteiger charge is -2.64. The third-order valence-corrected chi connectivity index (χ3v) is 8.81. The van der Waals surface area contributed by atoms with Crippen LogP contribution in [0.25, 0.3) is 0 Å². The Labute approximate surface area is 130 Å². The highest BCUT2D eigenvalue weighted by molar-refractivity contribution is 5.13. The lowest BCUT2D eigenvalue weighted by molar-refractivity contribution is -0.144. The van der Waals surface area contributed by atoms with Crippen LogP contribution < -0.4 is 0 Å². The van der Waals surface area contributed by atoms with Gasteiger partial charge in [-0.15, -0.1) is 0 Å². The summed E-state index contributed by atoms with van der Waals surface area (Å²) in [7, 11) is 0.